The van der Waals surface area contributed by atoms with Crippen LogP contribution in [0.4, 0.5) is 10.1 Å². The molecule has 1 aliphatic carbocycles. The molecule has 1 saturated heterocycles. The summed E-state index contributed by atoms with van der Waals surface area (Å²) >= 11 is 12.2. The zero-order chi connectivity index (χ0) is 21.6. The van der Waals surface area contributed by atoms with Crippen LogP contribution in [-0.4, -0.2) is 30.4 Å². The van der Waals surface area contributed by atoms with E-state index in [4.69, 9.17) is 23.2 Å². The van der Waals surface area contributed by atoms with Crippen molar-refractivity contribution in [2.24, 2.45) is 5.92 Å². The van der Waals surface area contributed by atoms with Crippen molar-refractivity contribution in [1.82, 2.24) is 4.90 Å². The van der Waals surface area contributed by atoms with Crippen molar-refractivity contribution in [2.75, 3.05) is 24.5 Å². The molecule has 3 aliphatic rings. The third kappa shape index (κ3) is 3.99. The van der Waals surface area contributed by atoms with Crippen molar-refractivity contribution >= 4 is 34.8 Å². The van der Waals surface area contributed by atoms with Gasteiger partial charge in [-0.2, -0.15) is 0 Å². The second kappa shape index (κ2) is 8.38. The monoisotopic (exact) mass is 460 g/mol. The van der Waals surface area contributed by atoms with E-state index in [1.54, 1.807) is 6.07 Å². The third-order valence-electron chi connectivity index (χ3n) is 7.46. The molecule has 2 aromatic rings. The Morgan fingerprint density at radius 1 is 1.03 bits per heavy atom. The van der Waals surface area contributed by atoms with Gasteiger partial charge in [0.15, 0.2) is 0 Å². The number of hydrogen-bond donors (Lipinski definition) is 0. The minimum atomic E-state index is -0.216. The maximum absolute atomic E-state index is 14.2. The van der Waals surface area contributed by atoms with Gasteiger partial charge in [-0.05, 0) is 80.2 Å². The minimum Gasteiger partial charge on any atom is -0.311 e. The van der Waals surface area contributed by atoms with Crippen LogP contribution in [0.25, 0.3) is 0 Å². The van der Waals surface area contributed by atoms with Crippen LogP contribution >= 0.6 is 23.2 Å². The number of anilines is 1. The van der Waals surface area contributed by atoms with E-state index in [-0.39, 0.29) is 23.1 Å². The Bertz CT molecular complexity index is 997. The molecule has 0 unspecified atom stereocenters. The molecule has 2 aliphatic heterocycles. The fourth-order valence-electron chi connectivity index (χ4n) is 5.69. The maximum Gasteiger partial charge on any atom is 0.230 e. The fraction of sp³-hybridized carbons (Fsp3) is 0.480. The van der Waals surface area contributed by atoms with Crippen LogP contribution in [0.2, 0.25) is 10.0 Å². The number of fused-ring (bicyclic) bond motifs is 2. The molecule has 0 bridgehead atoms. The quantitative estimate of drug-likeness (QED) is 0.543. The molecule has 0 atom stereocenters. The average molecular weight is 461 g/mol. The van der Waals surface area contributed by atoms with Crippen molar-refractivity contribution in [2.45, 2.75) is 50.5 Å². The lowest BCUT2D eigenvalue weighted by Crippen LogP contribution is -2.46. The van der Waals surface area contributed by atoms with Crippen LogP contribution in [0.5, 0.6) is 0 Å². The molecule has 1 saturated carbocycles. The Balaban J connectivity index is 1.34. The average Bonchev–Trinajstić information content (AvgIpc) is 3.40. The molecule has 1 amide bonds. The molecule has 3 nitrogen and oxygen atoms in total. The van der Waals surface area contributed by atoms with Crippen molar-refractivity contribution in [3.05, 3.63) is 63.4 Å². The predicted molar refractivity (Wildman–Crippen MR) is 123 cm³/mol. The number of benzene rings is 2. The summed E-state index contributed by atoms with van der Waals surface area (Å²) in [6, 6.07) is 10.8. The summed E-state index contributed by atoms with van der Waals surface area (Å²) in [5.74, 6) is 0.148. The minimum absolute atomic E-state index is 0.128. The summed E-state index contributed by atoms with van der Waals surface area (Å²) < 4.78 is 14.2. The highest BCUT2D eigenvalue weighted by atomic mass is 35.5. The smallest absolute Gasteiger partial charge is 0.230 e. The Kier molecular flexibility index (Phi) is 5.74. The zero-order valence-electron chi connectivity index (χ0n) is 17.5. The van der Waals surface area contributed by atoms with Crippen LogP contribution in [-0.2, 0) is 16.8 Å². The fourth-order valence-corrected chi connectivity index (χ4v) is 6.01. The SMILES string of the molecule is O=C(C1CCCC1)N1CC2(CCN(Cc3ccc(Cl)c(Cl)c3)CC2)c2cc(F)ccc21. The van der Waals surface area contributed by atoms with Gasteiger partial charge < -0.3 is 4.90 Å². The number of carbonyl (C=O) groups is 1. The lowest BCUT2D eigenvalue weighted by molar-refractivity contribution is -0.122. The van der Waals surface area contributed by atoms with Gasteiger partial charge in [-0.1, -0.05) is 42.1 Å². The molecule has 1 spiro atoms. The Hall–Kier alpha value is -1.62. The van der Waals surface area contributed by atoms with Gasteiger partial charge in [-0.15, -0.1) is 0 Å². The Labute approximate surface area is 193 Å². The van der Waals surface area contributed by atoms with Gasteiger partial charge in [-0.25, -0.2) is 4.39 Å². The first-order chi connectivity index (χ1) is 14.9. The third-order valence-corrected chi connectivity index (χ3v) is 8.19. The van der Waals surface area contributed by atoms with E-state index in [1.807, 2.05) is 29.2 Å². The van der Waals surface area contributed by atoms with Crippen molar-refractivity contribution < 1.29 is 9.18 Å². The lowest BCUT2D eigenvalue weighted by atomic mass is 9.74. The second-order valence-corrected chi connectivity index (χ2v) is 10.2. The van der Waals surface area contributed by atoms with Gasteiger partial charge >= 0.3 is 0 Å². The molecule has 5 rings (SSSR count). The molecule has 6 heteroatoms. The molecule has 0 aromatic heterocycles. The van der Waals surface area contributed by atoms with Gasteiger partial charge in [-0.3, -0.25) is 9.69 Å². The molecule has 164 valence electrons. The lowest BCUT2D eigenvalue weighted by Gasteiger charge is -2.40. The van der Waals surface area contributed by atoms with Crippen LogP contribution in [0.15, 0.2) is 36.4 Å². The number of halogens is 3. The van der Waals surface area contributed by atoms with Crippen LogP contribution in [0.1, 0.15) is 49.7 Å². The number of piperidine rings is 1. The first kappa shape index (κ1) is 21.2. The summed E-state index contributed by atoms with van der Waals surface area (Å²) in [6.45, 7) is 3.30. The topological polar surface area (TPSA) is 23.6 Å². The Morgan fingerprint density at radius 2 is 1.77 bits per heavy atom. The van der Waals surface area contributed by atoms with E-state index in [1.165, 1.54) is 6.07 Å². The molecule has 2 aromatic carbocycles. The number of likely N-dealkylation sites (tertiary alicyclic amines) is 1. The molecular formula is C25H27Cl2FN2O. The molecule has 0 radical (unpaired) electrons. The molecular weight excluding hydrogens is 434 g/mol. The van der Waals surface area contributed by atoms with Gasteiger partial charge in [0.2, 0.25) is 5.91 Å². The van der Waals surface area contributed by atoms with Gasteiger partial charge in [0.05, 0.1) is 10.0 Å². The normalized spacial score (nSPS) is 21.1. The summed E-state index contributed by atoms with van der Waals surface area (Å²) in [4.78, 5) is 17.7. The largest absolute Gasteiger partial charge is 0.311 e. The highest BCUT2D eigenvalue weighted by Gasteiger charge is 2.47. The van der Waals surface area contributed by atoms with Crippen molar-refractivity contribution in [3.63, 3.8) is 0 Å². The van der Waals surface area contributed by atoms with Gasteiger partial charge in [0.25, 0.3) is 0 Å². The number of carbonyl (C=O) groups excluding carboxylic acids is 1. The summed E-state index contributed by atoms with van der Waals surface area (Å²) in [7, 11) is 0. The van der Waals surface area contributed by atoms with Crippen LogP contribution < -0.4 is 4.90 Å². The number of nitrogens with zero attached hydrogens (tertiary/aromatic N) is 2. The molecule has 2 heterocycles. The van der Waals surface area contributed by atoms with Crippen LogP contribution in [0, 0.1) is 11.7 Å². The number of hydrogen-bond acceptors (Lipinski definition) is 2. The maximum atomic E-state index is 14.2. The van der Waals surface area contributed by atoms with Crippen LogP contribution in [0.3, 0.4) is 0 Å². The van der Waals surface area contributed by atoms with Gasteiger partial charge in [0.1, 0.15) is 5.82 Å². The number of rotatable bonds is 3. The summed E-state index contributed by atoms with van der Waals surface area (Å²) in [5, 5.41) is 1.15. The Morgan fingerprint density at radius 3 is 2.48 bits per heavy atom. The molecule has 31 heavy (non-hydrogen) atoms. The first-order valence-electron chi connectivity index (χ1n) is 11.2. The highest BCUT2D eigenvalue weighted by Crippen LogP contribution is 2.48. The van der Waals surface area contributed by atoms with Crippen molar-refractivity contribution in [1.29, 1.82) is 0 Å². The van der Waals surface area contributed by atoms with E-state index in [0.717, 1.165) is 75.0 Å². The summed E-state index contributed by atoms with van der Waals surface area (Å²) in [6.07, 6.45) is 6.07. The zero-order valence-corrected chi connectivity index (χ0v) is 19.1. The standard InChI is InChI=1S/C25H27Cl2FN2O/c26-21-7-5-17(13-22(21)27)15-29-11-9-25(10-12-29)16-30(24(31)18-3-1-2-4-18)23-8-6-19(28)14-20(23)25/h5-8,13-14,18H,1-4,9-12,15-16H2. The van der Waals surface area contributed by atoms with Gasteiger partial charge in [0, 0.05) is 30.1 Å². The van der Waals surface area contributed by atoms with E-state index in [9.17, 15) is 9.18 Å². The first-order valence-corrected chi connectivity index (χ1v) is 12.0. The molecule has 0 N–H and O–H groups in total. The molecule has 2 fully saturated rings. The van der Waals surface area contributed by atoms with Crippen molar-refractivity contribution in [3.8, 4) is 0 Å². The second-order valence-electron chi connectivity index (χ2n) is 9.37. The highest BCUT2D eigenvalue weighted by molar-refractivity contribution is 6.42. The number of amides is 1. The van der Waals surface area contributed by atoms with E-state index >= 15 is 0 Å². The van der Waals surface area contributed by atoms with E-state index < -0.39 is 0 Å². The summed E-state index contributed by atoms with van der Waals surface area (Å²) in [5.41, 5.74) is 2.94. The van der Waals surface area contributed by atoms with E-state index in [2.05, 4.69) is 4.90 Å². The predicted octanol–water partition coefficient (Wildman–Crippen LogP) is 6.20. The van der Waals surface area contributed by atoms with E-state index in [0.29, 0.717) is 16.6 Å².